The molecular weight excluding hydrogens is 565 g/mol. The minimum absolute atomic E-state index is 0.386. The molecule has 0 aromatic carbocycles. The van der Waals surface area contributed by atoms with Crippen LogP contribution in [0.2, 0.25) is 0 Å². The third kappa shape index (κ3) is 14.9. The Labute approximate surface area is 221 Å². The van der Waals surface area contributed by atoms with Crippen molar-refractivity contribution in [1.29, 1.82) is 0 Å². The van der Waals surface area contributed by atoms with Crippen molar-refractivity contribution < 1.29 is 0 Å². The third-order valence-corrected chi connectivity index (χ3v) is 17.3. The summed E-state index contributed by atoms with van der Waals surface area (Å²) in [7, 11) is 0. The SMILES string of the molecule is CC(S)SC(C)SC1SC(SC(C)SC(C)S)SC(SC(C)SC(C)S)S1. The van der Waals surface area contributed by atoms with E-state index < -0.39 is 0 Å². The fourth-order valence-electron chi connectivity index (χ4n) is 1.96. The molecule has 0 aromatic rings. The fourth-order valence-corrected chi connectivity index (χ4v) is 23.9. The van der Waals surface area contributed by atoms with E-state index in [0.29, 0.717) is 39.2 Å². The van der Waals surface area contributed by atoms with Gasteiger partial charge in [0, 0.05) is 13.7 Å². The quantitative estimate of drug-likeness (QED) is 0.148. The van der Waals surface area contributed by atoms with Gasteiger partial charge in [0.05, 0.1) is 13.7 Å². The van der Waals surface area contributed by atoms with Crippen LogP contribution in [-0.2, 0) is 0 Å². The molecule has 1 fully saturated rings. The average molecular weight is 595 g/mol. The highest BCUT2D eigenvalue weighted by Crippen LogP contribution is 2.61. The molecule has 0 radical (unpaired) electrons. The molecule has 0 N–H and O–H groups in total. The molecule has 0 amide bonds. The van der Waals surface area contributed by atoms with Crippen molar-refractivity contribution in [3.63, 3.8) is 0 Å². The Bertz CT molecular complexity index is 330. The van der Waals surface area contributed by atoms with Crippen LogP contribution in [-0.4, -0.2) is 39.2 Å². The summed E-state index contributed by atoms with van der Waals surface area (Å²) in [5, 5.41) is 0. The molecule has 0 bridgehead atoms. The molecule has 1 aliphatic rings. The Kier molecular flexibility index (Phi) is 17.3. The van der Waals surface area contributed by atoms with Gasteiger partial charge in [0.2, 0.25) is 0 Å². The minimum Gasteiger partial charge on any atom is -0.165 e. The number of thioether (sulfide) groups is 9. The third-order valence-electron chi connectivity index (χ3n) is 2.74. The smallest absolute Gasteiger partial charge is 0.101 e. The fraction of sp³-hybridized carbons (Fsp3) is 1.00. The van der Waals surface area contributed by atoms with Gasteiger partial charge in [-0.2, -0.15) is 37.9 Å². The summed E-state index contributed by atoms with van der Waals surface area (Å²) in [6.45, 7) is 13.4. The van der Waals surface area contributed by atoms with E-state index in [-0.39, 0.29) is 0 Å². The van der Waals surface area contributed by atoms with E-state index in [1.807, 2.05) is 35.3 Å². The second kappa shape index (κ2) is 15.9. The van der Waals surface area contributed by atoms with Crippen LogP contribution in [0.25, 0.3) is 0 Å². The van der Waals surface area contributed by atoms with Crippen LogP contribution >= 0.6 is 144 Å². The molecule has 6 unspecified atom stereocenters. The molecular formula is C15H30S12. The molecule has 0 nitrogen and oxygen atoms in total. The van der Waals surface area contributed by atoms with Gasteiger partial charge < -0.3 is 0 Å². The standard InChI is InChI=1S/C15H30S12/c1-7(16)19-10(4)22-13-25-14(23-11(5)20-8(2)17)27-15(26-13)24-12(6)21-9(3)18/h7-18H,1-6H3. The van der Waals surface area contributed by atoms with Gasteiger partial charge in [-0.1, -0.05) is 0 Å². The largest absolute Gasteiger partial charge is 0.165 e. The molecule has 1 aliphatic heterocycles. The first kappa shape index (κ1) is 29.2. The van der Waals surface area contributed by atoms with E-state index in [1.54, 1.807) is 0 Å². The molecule has 1 rings (SSSR count). The first-order valence-electron chi connectivity index (χ1n) is 8.48. The first-order valence-corrected chi connectivity index (χ1v) is 18.5. The Morgan fingerprint density at radius 1 is 0.519 bits per heavy atom. The van der Waals surface area contributed by atoms with Crippen molar-refractivity contribution in [2.75, 3.05) is 0 Å². The first-order chi connectivity index (χ1) is 12.5. The molecule has 27 heavy (non-hydrogen) atoms. The van der Waals surface area contributed by atoms with Crippen molar-refractivity contribution in [2.45, 2.75) is 80.8 Å². The Morgan fingerprint density at radius 2 is 0.741 bits per heavy atom. The predicted molar refractivity (Wildman–Crippen MR) is 163 cm³/mol. The molecule has 6 atom stereocenters. The monoisotopic (exact) mass is 594 g/mol. The van der Waals surface area contributed by atoms with Gasteiger partial charge in [-0.25, -0.2) is 0 Å². The lowest BCUT2D eigenvalue weighted by molar-refractivity contribution is 1.36. The second-order valence-electron chi connectivity index (χ2n) is 5.59. The highest BCUT2D eigenvalue weighted by atomic mass is 32.3. The Balaban J connectivity index is 2.67. The molecule has 0 spiro atoms. The van der Waals surface area contributed by atoms with Crippen LogP contribution in [0.5, 0.6) is 0 Å². The molecule has 0 aromatic heterocycles. The highest BCUT2D eigenvalue weighted by Gasteiger charge is 2.35. The van der Waals surface area contributed by atoms with Gasteiger partial charge in [-0.3, -0.25) is 0 Å². The van der Waals surface area contributed by atoms with E-state index in [1.165, 1.54) is 0 Å². The van der Waals surface area contributed by atoms with Crippen molar-refractivity contribution in [1.82, 2.24) is 0 Å². The van der Waals surface area contributed by atoms with Crippen molar-refractivity contribution in [3.8, 4) is 0 Å². The molecule has 1 heterocycles. The van der Waals surface area contributed by atoms with Gasteiger partial charge in [0.1, 0.15) is 11.7 Å². The normalized spacial score (nSPS) is 30.3. The number of hydrogen-bond donors (Lipinski definition) is 3. The lowest BCUT2D eigenvalue weighted by Crippen LogP contribution is -2.17. The summed E-state index contributed by atoms with van der Waals surface area (Å²) in [6, 6.07) is 0. The van der Waals surface area contributed by atoms with Crippen molar-refractivity contribution >= 4 is 144 Å². The van der Waals surface area contributed by atoms with Crippen molar-refractivity contribution in [2.24, 2.45) is 0 Å². The molecule has 0 saturated carbocycles. The zero-order valence-corrected chi connectivity index (χ0v) is 26.2. The summed E-state index contributed by atoms with van der Waals surface area (Å²) in [4.78, 5) is 0. The van der Waals surface area contributed by atoms with E-state index >= 15 is 0 Å². The second-order valence-corrected chi connectivity index (χ2v) is 25.6. The van der Waals surface area contributed by atoms with E-state index in [9.17, 15) is 0 Å². The van der Waals surface area contributed by atoms with Gasteiger partial charge in [-0.05, 0) is 41.5 Å². The zero-order valence-electron chi connectivity index (χ0n) is 16.2. The van der Waals surface area contributed by atoms with Crippen LogP contribution in [0.1, 0.15) is 41.5 Å². The summed E-state index contributed by atoms with van der Waals surface area (Å²) in [6.07, 6.45) is 0. The maximum absolute atomic E-state index is 4.55. The lowest BCUT2D eigenvalue weighted by Gasteiger charge is -2.35. The van der Waals surface area contributed by atoms with Gasteiger partial charge in [-0.15, -0.1) is 106 Å². The highest BCUT2D eigenvalue weighted by molar-refractivity contribution is 8.53. The zero-order chi connectivity index (χ0) is 20.6. The molecule has 162 valence electrons. The Morgan fingerprint density at radius 3 is 0.926 bits per heavy atom. The Hall–Kier alpha value is 4.20. The molecule has 0 aliphatic carbocycles. The summed E-state index contributed by atoms with van der Waals surface area (Å²) in [5.41, 5.74) is 0. The summed E-state index contributed by atoms with van der Waals surface area (Å²) >= 11 is 32.2. The number of hydrogen-bond acceptors (Lipinski definition) is 12. The van der Waals surface area contributed by atoms with Crippen molar-refractivity contribution in [3.05, 3.63) is 0 Å². The average Bonchev–Trinajstić information content (AvgIpc) is 2.43. The molecule has 12 heteroatoms. The van der Waals surface area contributed by atoms with E-state index in [2.05, 4.69) is 150 Å². The van der Waals surface area contributed by atoms with Crippen LogP contribution in [0, 0.1) is 0 Å². The van der Waals surface area contributed by atoms with Gasteiger partial charge >= 0.3 is 0 Å². The number of rotatable bonds is 12. The van der Waals surface area contributed by atoms with E-state index in [4.69, 9.17) is 0 Å². The van der Waals surface area contributed by atoms with Crippen LogP contribution < -0.4 is 0 Å². The molecule has 1 saturated heterocycles. The van der Waals surface area contributed by atoms with E-state index in [0.717, 1.165) is 0 Å². The van der Waals surface area contributed by atoms with Gasteiger partial charge in [0.15, 0.2) is 0 Å². The van der Waals surface area contributed by atoms with Gasteiger partial charge in [0.25, 0.3) is 0 Å². The topological polar surface area (TPSA) is 0 Å². The summed E-state index contributed by atoms with van der Waals surface area (Å²) < 4.78 is 4.58. The van der Waals surface area contributed by atoms with Crippen LogP contribution in [0.15, 0.2) is 0 Å². The van der Waals surface area contributed by atoms with Crippen LogP contribution in [0.3, 0.4) is 0 Å². The maximum atomic E-state index is 4.55. The number of thiol groups is 3. The maximum Gasteiger partial charge on any atom is 0.101 e. The predicted octanol–water partition coefficient (Wildman–Crippen LogP) is 9.31. The summed E-state index contributed by atoms with van der Waals surface area (Å²) in [5.74, 6) is 0. The lowest BCUT2D eigenvalue weighted by atomic mass is 10.9. The van der Waals surface area contributed by atoms with Crippen LogP contribution in [0.4, 0.5) is 0 Å². The minimum atomic E-state index is 0.386.